The summed E-state index contributed by atoms with van der Waals surface area (Å²) in [6, 6.07) is 0.868. The summed E-state index contributed by atoms with van der Waals surface area (Å²) in [5.74, 6) is -10.1. The molecule has 0 aliphatic heterocycles. The molecule has 0 aliphatic rings. The average Bonchev–Trinajstić information content (AvgIpc) is 2.76. The van der Waals surface area contributed by atoms with Crippen LogP contribution in [0.1, 0.15) is 45.5 Å². The molecular weight excluding hydrogens is 677 g/mol. The van der Waals surface area contributed by atoms with Gasteiger partial charge in [-0.15, -0.1) is 0 Å². The summed E-state index contributed by atoms with van der Waals surface area (Å²) in [7, 11) is -4.86. The minimum atomic E-state index is -5.45. The zero-order valence-corrected chi connectivity index (χ0v) is 23.3. The zero-order valence-electron chi connectivity index (χ0n) is 21.7. The zero-order chi connectivity index (χ0) is 34.1. The Bertz CT molecular complexity index is 1490. The van der Waals surface area contributed by atoms with Crippen molar-refractivity contribution < 1.29 is 70.3 Å². The van der Waals surface area contributed by atoms with Crippen LogP contribution in [0.2, 0.25) is 5.02 Å². The molecule has 44 heavy (non-hydrogen) atoms. The number of hydrogen-bond acceptors (Lipinski definition) is 3. The maximum Gasteiger partial charge on any atom is 0.417 e. The van der Waals surface area contributed by atoms with Gasteiger partial charge in [0, 0.05) is 16.6 Å². The van der Waals surface area contributed by atoms with Gasteiger partial charge in [0.25, 0.3) is 5.91 Å². The monoisotopic (exact) mass is 695 g/mol. The molecule has 19 heteroatoms. The highest BCUT2D eigenvalue weighted by atomic mass is 35.5. The molecule has 246 valence electrons. The first-order valence-corrected chi connectivity index (χ1v) is 14.0. The highest BCUT2D eigenvalue weighted by molar-refractivity contribution is 7.91. The lowest BCUT2D eigenvalue weighted by Crippen LogP contribution is -2.40. The highest BCUT2D eigenvalue weighted by Gasteiger charge is 2.41. The fourth-order valence-electron chi connectivity index (χ4n) is 3.97. The van der Waals surface area contributed by atoms with Crippen LogP contribution in [-0.4, -0.2) is 50.4 Å². The molecule has 0 fully saturated rings. The summed E-state index contributed by atoms with van der Waals surface area (Å²) < 4.78 is 197. The summed E-state index contributed by atoms with van der Waals surface area (Å²) in [5, 5.41) is 1.19. The number of hydrogen-bond donors (Lipinski definition) is 1. The van der Waals surface area contributed by atoms with Crippen molar-refractivity contribution >= 4 is 33.2 Å². The quantitative estimate of drug-likeness (QED) is 0.269. The molecular formula is C25H19ClF13NO3S. The van der Waals surface area contributed by atoms with E-state index in [-0.39, 0.29) is 12.1 Å². The summed E-state index contributed by atoms with van der Waals surface area (Å²) >= 11 is 5.65. The van der Waals surface area contributed by atoms with Crippen LogP contribution in [-0.2, 0) is 22.4 Å². The minimum absolute atomic E-state index is 0.0493. The third kappa shape index (κ3) is 11.5. The van der Waals surface area contributed by atoms with Crippen molar-refractivity contribution in [1.29, 1.82) is 0 Å². The Morgan fingerprint density at radius 2 is 1.50 bits per heavy atom. The van der Waals surface area contributed by atoms with Gasteiger partial charge in [0.2, 0.25) is 0 Å². The van der Waals surface area contributed by atoms with Crippen LogP contribution in [0.3, 0.4) is 0 Å². The molecule has 2 aromatic carbocycles. The highest BCUT2D eigenvalue weighted by Crippen LogP contribution is 2.41. The molecule has 4 nitrogen and oxygen atoms in total. The molecule has 0 saturated carbocycles. The number of carbonyl (C=O) groups excluding carboxylic acids is 1. The standard InChI is InChI=1S/C25H19ClF13NO3S/c1-12(10-44(42,43)11-23(31,32)33)40-21(41)17-3-2-14(7-19(17)25(37,38)39)20(27)8-18(24(34,35)36)15-4-13(5-16(26)6-15)9-22(28,29)30/h2-8,12,18H,9-11H2,1H3,(H,40,41)/b20-8-. The van der Waals surface area contributed by atoms with Gasteiger partial charge in [-0.05, 0) is 48.4 Å². The normalized spacial score (nSPS) is 15.2. The molecule has 0 radical (unpaired) electrons. The van der Waals surface area contributed by atoms with Gasteiger partial charge in [0.15, 0.2) is 9.84 Å². The van der Waals surface area contributed by atoms with Crippen LogP contribution in [0, 0.1) is 0 Å². The third-order valence-electron chi connectivity index (χ3n) is 5.52. The van der Waals surface area contributed by atoms with Crippen LogP contribution in [0.15, 0.2) is 42.5 Å². The van der Waals surface area contributed by atoms with E-state index in [1.165, 1.54) is 0 Å². The number of alkyl halides is 12. The lowest BCUT2D eigenvalue weighted by molar-refractivity contribution is -0.140. The molecule has 0 aromatic heterocycles. The second kappa shape index (κ2) is 13.1. The van der Waals surface area contributed by atoms with E-state index in [0.29, 0.717) is 24.3 Å². The van der Waals surface area contributed by atoms with Gasteiger partial charge in [0.05, 0.1) is 23.3 Å². The Kier molecular flexibility index (Phi) is 11.1. The van der Waals surface area contributed by atoms with Crippen LogP contribution >= 0.6 is 11.6 Å². The first-order valence-electron chi connectivity index (χ1n) is 11.8. The van der Waals surface area contributed by atoms with E-state index in [2.05, 4.69) is 0 Å². The fourth-order valence-corrected chi connectivity index (χ4v) is 5.70. The smallest absolute Gasteiger partial charge is 0.349 e. The van der Waals surface area contributed by atoms with Crippen LogP contribution < -0.4 is 5.32 Å². The second-order valence-electron chi connectivity index (χ2n) is 9.52. The van der Waals surface area contributed by atoms with Crippen molar-refractivity contribution in [3.63, 3.8) is 0 Å². The Morgan fingerprint density at radius 1 is 0.909 bits per heavy atom. The van der Waals surface area contributed by atoms with E-state index in [1.54, 1.807) is 5.32 Å². The van der Waals surface area contributed by atoms with Crippen LogP contribution in [0.5, 0.6) is 0 Å². The number of halogens is 14. The number of benzene rings is 2. The molecule has 1 N–H and O–H groups in total. The van der Waals surface area contributed by atoms with Crippen molar-refractivity contribution in [3.05, 3.63) is 75.3 Å². The average molecular weight is 696 g/mol. The van der Waals surface area contributed by atoms with Gasteiger partial charge < -0.3 is 5.32 Å². The first kappa shape index (κ1) is 37.2. The van der Waals surface area contributed by atoms with Crippen LogP contribution in [0.25, 0.3) is 5.83 Å². The van der Waals surface area contributed by atoms with Crippen molar-refractivity contribution in [3.8, 4) is 0 Å². The van der Waals surface area contributed by atoms with E-state index in [0.717, 1.165) is 13.0 Å². The Balaban J connectivity index is 2.49. The molecule has 2 rings (SSSR count). The third-order valence-corrected chi connectivity index (χ3v) is 7.51. The maximum atomic E-state index is 15.0. The maximum absolute atomic E-state index is 15.0. The Morgan fingerprint density at radius 3 is 2.00 bits per heavy atom. The number of carbonyl (C=O) groups is 1. The van der Waals surface area contributed by atoms with Gasteiger partial charge >= 0.3 is 24.7 Å². The van der Waals surface area contributed by atoms with Gasteiger partial charge in [0.1, 0.15) is 17.5 Å². The number of sulfone groups is 1. The largest absolute Gasteiger partial charge is 0.417 e. The Labute approximate surface area is 245 Å². The van der Waals surface area contributed by atoms with Crippen molar-refractivity contribution in [2.24, 2.45) is 0 Å². The van der Waals surface area contributed by atoms with Crippen molar-refractivity contribution in [2.45, 2.75) is 50.0 Å². The lowest BCUT2D eigenvalue weighted by atomic mass is 9.93. The summed E-state index contributed by atoms with van der Waals surface area (Å²) in [5.41, 5.74) is -5.98. The molecule has 0 aliphatic carbocycles. The van der Waals surface area contributed by atoms with Gasteiger partial charge in [-0.2, -0.15) is 52.7 Å². The molecule has 2 unspecified atom stereocenters. The van der Waals surface area contributed by atoms with Gasteiger partial charge in [-0.25, -0.2) is 12.8 Å². The van der Waals surface area contributed by atoms with Crippen molar-refractivity contribution in [2.75, 3.05) is 11.5 Å². The van der Waals surface area contributed by atoms with Gasteiger partial charge in [-0.1, -0.05) is 23.7 Å². The molecule has 0 spiro atoms. The SMILES string of the molecule is CC(CS(=O)(=O)CC(F)(F)F)NC(=O)c1ccc(/C(F)=C/C(c2cc(Cl)cc(CC(F)(F)F)c2)C(F)(F)F)cc1C(F)(F)F. The predicted molar refractivity (Wildman–Crippen MR) is 132 cm³/mol. The summed E-state index contributed by atoms with van der Waals surface area (Å²) in [6.45, 7) is 0.878. The molecule has 0 saturated heterocycles. The van der Waals surface area contributed by atoms with Crippen molar-refractivity contribution in [1.82, 2.24) is 5.32 Å². The molecule has 2 aromatic rings. The first-order chi connectivity index (χ1) is 19.7. The number of allylic oxidation sites excluding steroid dienone is 1. The Hall–Kier alpha value is -3.02. The molecule has 0 heterocycles. The van der Waals surface area contributed by atoms with E-state index < -0.39 is 109 Å². The topological polar surface area (TPSA) is 63.2 Å². The van der Waals surface area contributed by atoms with E-state index >= 15 is 4.39 Å². The number of rotatable bonds is 9. The number of amides is 1. The molecule has 1 amide bonds. The molecule has 2 atom stereocenters. The van der Waals surface area contributed by atoms with E-state index in [1.807, 2.05) is 0 Å². The summed E-state index contributed by atoms with van der Waals surface area (Å²) in [4.78, 5) is 12.5. The minimum Gasteiger partial charge on any atom is -0.349 e. The van der Waals surface area contributed by atoms with Crippen LogP contribution in [0.4, 0.5) is 57.1 Å². The summed E-state index contributed by atoms with van der Waals surface area (Å²) in [6.07, 6.45) is -22.7. The number of nitrogens with one attached hydrogen (secondary N) is 1. The predicted octanol–water partition coefficient (Wildman–Crippen LogP) is 8.22. The van der Waals surface area contributed by atoms with Gasteiger partial charge in [-0.3, -0.25) is 4.79 Å². The fraction of sp³-hybridized carbons (Fsp3) is 0.400. The molecule has 0 bridgehead atoms. The van der Waals surface area contributed by atoms with E-state index in [9.17, 15) is 65.9 Å². The lowest BCUT2D eigenvalue weighted by Gasteiger charge is -2.20. The van der Waals surface area contributed by atoms with E-state index in [4.69, 9.17) is 11.6 Å². The second-order valence-corrected chi connectivity index (χ2v) is 12.1.